The minimum atomic E-state index is -1.22. The van der Waals surface area contributed by atoms with Crippen molar-refractivity contribution in [3.8, 4) is 0 Å². The van der Waals surface area contributed by atoms with Gasteiger partial charge in [-0.05, 0) is 54.0 Å². The van der Waals surface area contributed by atoms with E-state index in [1.807, 2.05) is 66.7 Å². The Morgan fingerprint density at radius 1 is 1.00 bits per heavy atom. The van der Waals surface area contributed by atoms with Crippen molar-refractivity contribution in [1.82, 2.24) is 9.66 Å². The number of hydrogen-bond donors (Lipinski definition) is 1. The van der Waals surface area contributed by atoms with Crippen molar-refractivity contribution in [2.45, 2.75) is 37.7 Å². The van der Waals surface area contributed by atoms with E-state index in [2.05, 4.69) is 10.1 Å². The van der Waals surface area contributed by atoms with Gasteiger partial charge in [0.15, 0.2) is 0 Å². The topological polar surface area (TPSA) is 67.5 Å². The third-order valence-corrected chi connectivity index (χ3v) is 7.82. The molecule has 0 aliphatic heterocycles. The molecular weight excluding hydrogens is 430 g/mol. The lowest BCUT2D eigenvalue weighted by Crippen LogP contribution is -2.26. The number of allylic oxidation sites excluding steroid dienone is 1. The molecule has 0 bridgehead atoms. The molecule has 4 aromatic rings. The first-order valence-electron chi connectivity index (χ1n) is 11.3. The monoisotopic (exact) mass is 453 g/mol. The number of nitrogens with zero attached hydrogens (tertiary/aromatic N) is 3. The zero-order chi connectivity index (χ0) is 22.4. The summed E-state index contributed by atoms with van der Waals surface area (Å²) in [4.78, 5) is 20.0. The molecule has 5 nitrogen and oxygen atoms in total. The lowest BCUT2D eigenvalue weighted by molar-refractivity contribution is 0.113. The molecule has 0 amide bonds. The van der Waals surface area contributed by atoms with E-state index in [0.29, 0.717) is 11.1 Å². The molecule has 2 aromatic carbocycles. The Morgan fingerprint density at radius 2 is 1.73 bits per heavy atom. The maximum atomic E-state index is 13.4. The van der Waals surface area contributed by atoms with Gasteiger partial charge in [0, 0.05) is 11.3 Å². The van der Waals surface area contributed by atoms with Crippen LogP contribution in [-0.2, 0) is 18.4 Å². The number of aliphatic hydroxyl groups is 1. The summed E-state index contributed by atoms with van der Waals surface area (Å²) < 4.78 is 1.34. The second-order valence-electron chi connectivity index (χ2n) is 8.70. The van der Waals surface area contributed by atoms with Gasteiger partial charge in [0.2, 0.25) is 0 Å². The molecule has 0 spiro atoms. The van der Waals surface area contributed by atoms with Crippen LogP contribution in [0.5, 0.6) is 0 Å². The van der Waals surface area contributed by atoms with Crippen LogP contribution in [0, 0.1) is 0 Å². The fourth-order valence-electron chi connectivity index (χ4n) is 5.02. The first-order valence-corrected chi connectivity index (χ1v) is 12.1. The average Bonchev–Trinajstić information content (AvgIpc) is 3.40. The van der Waals surface area contributed by atoms with Gasteiger partial charge in [-0.2, -0.15) is 9.78 Å². The van der Waals surface area contributed by atoms with Gasteiger partial charge in [-0.1, -0.05) is 60.7 Å². The minimum absolute atomic E-state index is 0.128. The molecule has 33 heavy (non-hydrogen) atoms. The van der Waals surface area contributed by atoms with E-state index in [-0.39, 0.29) is 12.0 Å². The Hall–Kier alpha value is -3.35. The standard InChI is InChI=1S/C27H23N3O2S/c31-26-24-21-13-7-8-14-23(21)33-25(24)28-17-30(26)29-20-15-22(18-9-3-1-4-10-18)27(32,16-20)19-11-5-2-6-12-19/h1-6,9-12,15,17,32H,7-8,13-14,16H2/b29-20-. The molecule has 1 atom stereocenters. The average molecular weight is 454 g/mol. The van der Waals surface area contributed by atoms with Gasteiger partial charge in [0.25, 0.3) is 5.56 Å². The van der Waals surface area contributed by atoms with E-state index < -0.39 is 5.60 Å². The molecule has 1 unspecified atom stereocenters. The molecule has 6 heteroatoms. The van der Waals surface area contributed by atoms with Crippen LogP contribution in [0.25, 0.3) is 15.8 Å². The Morgan fingerprint density at radius 3 is 2.52 bits per heavy atom. The molecule has 1 N–H and O–H groups in total. The van der Waals surface area contributed by atoms with Crippen LogP contribution in [0.15, 0.2) is 83.0 Å². The normalized spacial score (nSPS) is 21.4. The summed E-state index contributed by atoms with van der Waals surface area (Å²) >= 11 is 1.64. The molecule has 2 aromatic heterocycles. The summed E-state index contributed by atoms with van der Waals surface area (Å²) in [5.41, 5.74) is 2.97. The van der Waals surface area contributed by atoms with E-state index >= 15 is 0 Å². The molecule has 2 aliphatic rings. The van der Waals surface area contributed by atoms with Crippen molar-refractivity contribution >= 4 is 32.8 Å². The summed E-state index contributed by atoms with van der Waals surface area (Å²) in [6, 6.07) is 19.5. The largest absolute Gasteiger partial charge is 0.380 e. The third-order valence-electron chi connectivity index (χ3n) is 6.62. The Bertz CT molecular complexity index is 1470. The van der Waals surface area contributed by atoms with Crippen LogP contribution in [0.4, 0.5) is 0 Å². The Kier molecular flexibility index (Phi) is 4.85. The summed E-state index contributed by atoms with van der Waals surface area (Å²) in [5.74, 6) is 0. The number of benzene rings is 2. The first-order chi connectivity index (χ1) is 16.1. The predicted octanol–water partition coefficient (Wildman–Crippen LogP) is 4.92. The smallest absolute Gasteiger partial charge is 0.282 e. The Balaban J connectivity index is 1.48. The lowest BCUT2D eigenvalue weighted by Gasteiger charge is -2.27. The van der Waals surface area contributed by atoms with Gasteiger partial charge in [0.1, 0.15) is 16.8 Å². The maximum Gasteiger partial charge on any atom is 0.282 e. The number of hydrogen-bond acceptors (Lipinski definition) is 5. The third kappa shape index (κ3) is 3.37. The van der Waals surface area contributed by atoms with Crippen molar-refractivity contribution < 1.29 is 5.11 Å². The minimum Gasteiger partial charge on any atom is -0.380 e. The van der Waals surface area contributed by atoms with Gasteiger partial charge < -0.3 is 5.11 Å². The fourth-order valence-corrected chi connectivity index (χ4v) is 6.24. The fraction of sp³-hybridized carbons (Fsp3) is 0.222. The maximum absolute atomic E-state index is 13.4. The SMILES string of the molecule is O=c1c2c3c(sc2ncn1/N=C1/C=C(c2ccccc2)C(O)(c2ccccc2)C1)CCCC3. The summed E-state index contributed by atoms with van der Waals surface area (Å²) in [7, 11) is 0. The Labute approximate surface area is 195 Å². The highest BCUT2D eigenvalue weighted by Gasteiger charge is 2.40. The van der Waals surface area contributed by atoms with Crippen LogP contribution in [0.3, 0.4) is 0 Å². The van der Waals surface area contributed by atoms with Crippen LogP contribution < -0.4 is 5.56 Å². The van der Waals surface area contributed by atoms with Crippen molar-refractivity contribution in [2.75, 3.05) is 0 Å². The highest BCUT2D eigenvalue weighted by Crippen LogP contribution is 2.44. The number of fused-ring (bicyclic) bond motifs is 3. The molecule has 2 aliphatic carbocycles. The summed E-state index contributed by atoms with van der Waals surface area (Å²) in [5, 5.41) is 17.2. The van der Waals surface area contributed by atoms with Crippen molar-refractivity contribution in [3.05, 3.63) is 105 Å². The quantitative estimate of drug-likeness (QED) is 0.479. The molecule has 0 saturated heterocycles. The van der Waals surface area contributed by atoms with Crippen LogP contribution in [0.2, 0.25) is 0 Å². The van der Waals surface area contributed by atoms with Crippen molar-refractivity contribution in [3.63, 3.8) is 0 Å². The van der Waals surface area contributed by atoms with E-state index in [1.54, 1.807) is 11.3 Å². The van der Waals surface area contributed by atoms with Gasteiger partial charge in [0.05, 0.1) is 11.1 Å². The molecule has 164 valence electrons. The number of thiophene rings is 1. The zero-order valence-electron chi connectivity index (χ0n) is 18.1. The van der Waals surface area contributed by atoms with E-state index in [4.69, 9.17) is 0 Å². The second kappa shape index (κ2) is 7.90. The molecule has 6 rings (SSSR count). The van der Waals surface area contributed by atoms with E-state index in [0.717, 1.165) is 46.4 Å². The molecule has 2 heterocycles. The number of rotatable bonds is 3. The first kappa shape index (κ1) is 20.3. The molecule has 0 fully saturated rings. The van der Waals surface area contributed by atoms with Gasteiger partial charge >= 0.3 is 0 Å². The van der Waals surface area contributed by atoms with E-state index in [9.17, 15) is 9.90 Å². The van der Waals surface area contributed by atoms with E-state index in [1.165, 1.54) is 22.3 Å². The van der Waals surface area contributed by atoms with Gasteiger partial charge in [-0.3, -0.25) is 4.79 Å². The highest BCUT2D eigenvalue weighted by molar-refractivity contribution is 7.18. The van der Waals surface area contributed by atoms with Crippen molar-refractivity contribution in [2.24, 2.45) is 5.10 Å². The van der Waals surface area contributed by atoms with Crippen molar-refractivity contribution in [1.29, 1.82) is 0 Å². The number of aromatic nitrogens is 2. The van der Waals surface area contributed by atoms with Crippen LogP contribution in [-0.4, -0.2) is 20.5 Å². The summed E-state index contributed by atoms with van der Waals surface area (Å²) in [6.45, 7) is 0. The highest BCUT2D eigenvalue weighted by atomic mass is 32.1. The second-order valence-corrected chi connectivity index (χ2v) is 9.79. The lowest BCUT2D eigenvalue weighted by atomic mass is 9.84. The zero-order valence-corrected chi connectivity index (χ0v) is 18.9. The van der Waals surface area contributed by atoms with Crippen LogP contribution >= 0.6 is 11.3 Å². The predicted molar refractivity (Wildman–Crippen MR) is 133 cm³/mol. The van der Waals surface area contributed by atoms with Gasteiger partial charge in [-0.25, -0.2) is 4.98 Å². The molecular formula is C27H23N3O2S. The van der Waals surface area contributed by atoms with Crippen LogP contribution in [0.1, 0.15) is 40.8 Å². The number of aryl methyl sites for hydroxylation is 2. The molecule has 0 saturated carbocycles. The summed E-state index contributed by atoms with van der Waals surface area (Å²) in [6.07, 6.45) is 7.93. The van der Waals surface area contributed by atoms with Gasteiger partial charge in [-0.15, -0.1) is 11.3 Å². The molecule has 0 radical (unpaired) electrons.